The third-order valence-corrected chi connectivity index (χ3v) is 5.71. The first-order chi connectivity index (χ1) is 10.1. The zero-order valence-electron chi connectivity index (χ0n) is 11.3. The minimum Gasteiger partial charge on any atom is -0.342 e. The fourth-order valence-electron chi connectivity index (χ4n) is 2.34. The molecular weight excluding hydrogens is 310 g/mol. The second kappa shape index (κ2) is 5.69. The quantitative estimate of drug-likeness (QED) is 0.892. The molecule has 1 aromatic rings. The molecule has 0 spiro atoms. The highest BCUT2D eigenvalue weighted by atomic mass is 32.2. The van der Waals surface area contributed by atoms with Crippen LogP contribution in [0.2, 0.25) is 0 Å². The Labute approximate surface area is 127 Å². The molecule has 0 aliphatic carbocycles. The molecule has 1 saturated heterocycles. The van der Waals surface area contributed by atoms with Crippen LogP contribution in [-0.2, 0) is 14.8 Å². The standard InChI is InChI=1S/C13H15N3O3S2/c17-12(16-7-3-4-8-16)9-20-13-14-10-5-1-2-6-11(10)21(18,19)15-13/h1-2,5-6H,3-4,7-9H2,(H,14,15). The number of hydrogen-bond donors (Lipinski definition) is 1. The Kier molecular flexibility index (Phi) is 3.90. The van der Waals surface area contributed by atoms with E-state index in [9.17, 15) is 13.2 Å². The van der Waals surface area contributed by atoms with Crippen LogP contribution in [0.15, 0.2) is 33.6 Å². The van der Waals surface area contributed by atoms with Gasteiger partial charge < -0.3 is 10.2 Å². The number of nitrogens with one attached hydrogen (secondary N) is 1. The van der Waals surface area contributed by atoms with Gasteiger partial charge in [-0.1, -0.05) is 23.9 Å². The van der Waals surface area contributed by atoms with Gasteiger partial charge in [0.15, 0.2) is 5.17 Å². The molecule has 1 fully saturated rings. The molecule has 112 valence electrons. The minimum atomic E-state index is -3.68. The summed E-state index contributed by atoms with van der Waals surface area (Å²) in [6, 6.07) is 6.61. The lowest BCUT2D eigenvalue weighted by Crippen LogP contribution is -2.30. The van der Waals surface area contributed by atoms with Gasteiger partial charge in [0.1, 0.15) is 4.90 Å². The molecule has 8 heteroatoms. The van der Waals surface area contributed by atoms with Crippen LogP contribution in [0.1, 0.15) is 12.8 Å². The molecule has 2 heterocycles. The molecule has 1 N–H and O–H groups in total. The van der Waals surface area contributed by atoms with E-state index in [4.69, 9.17) is 0 Å². The Bertz CT molecular complexity index is 694. The molecule has 0 atom stereocenters. The summed E-state index contributed by atoms with van der Waals surface area (Å²) in [6.07, 6.45) is 2.08. The van der Waals surface area contributed by atoms with E-state index >= 15 is 0 Å². The van der Waals surface area contributed by atoms with Crippen molar-refractivity contribution >= 4 is 38.5 Å². The highest BCUT2D eigenvalue weighted by Crippen LogP contribution is 2.29. The van der Waals surface area contributed by atoms with E-state index in [1.165, 1.54) is 6.07 Å². The summed E-state index contributed by atoms with van der Waals surface area (Å²) in [5.41, 5.74) is 0.503. The number of carbonyl (C=O) groups excluding carboxylic acids is 1. The number of benzene rings is 1. The first kappa shape index (κ1) is 14.4. The van der Waals surface area contributed by atoms with E-state index < -0.39 is 10.0 Å². The van der Waals surface area contributed by atoms with Gasteiger partial charge in [0, 0.05) is 13.1 Å². The smallest absolute Gasteiger partial charge is 0.286 e. The van der Waals surface area contributed by atoms with Crippen molar-refractivity contribution in [2.45, 2.75) is 17.7 Å². The second-order valence-corrected chi connectivity index (χ2v) is 7.41. The normalized spacial score (nSPS) is 19.6. The Balaban J connectivity index is 1.70. The van der Waals surface area contributed by atoms with E-state index in [1.54, 1.807) is 23.1 Å². The van der Waals surface area contributed by atoms with Gasteiger partial charge in [-0.3, -0.25) is 4.79 Å². The molecule has 0 saturated carbocycles. The monoisotopic (exact) mass is 325 g/mol. The van der Waals surface area contributed by atoms with Crippen LogP contribution in [0, 0.1) is 0 Å². The summed E-state index contributed by atoms with van der Waals surface area (Å²) in [4.78, 5) is 13.9. The van der Waals surface area contributed by atoms with Crippen molar-refractivity contribution in [3.05, 3.63) is 24.3 Å². The number of thioether (sulfide) groups is 1. The van der Waals surface area contributed by atoms with Gasteiger partial charge in [0.25, 0.3) is 10.0 Å². The predicted molar refractivity (Wildman–Crippen MR) is 83.0 cm³/mol. The molecule has 6 nitrogen and oxygen atoms in total. The molecule has 1 aromatic carbocycles. The third-order valence-electron chi connectivity index (χ3n) is 3.40. The van der Waals surface area contributed by atoms with Crippen molar-refractivity contribution in [2.24, 2.45) is 4.40 Å². The topological polar surface area (TPSA) is 78.8 Å². The zero-order valence-corrected chi connectivity index (χ0v) is 12.9. The van der Waals surface area contributed by atoms with Crippen LogP contribution in [0.5, 0.6) is 0 Å². The largest absolute Gasteiger partial charge is 0.342 e. The fourth-order valence-corrected chi connectivity index (χ4v) is 4.48. The lowest BCUT2D eigenvalue weighted by molar-refractivity contribution is -0.127. The number of hydrogen-bond acceptors (Lipinski definition) is 5. The molecule has 2 aliphatic rings. The summed E-state index contributed by atoms with van der Waals surface area (Å²) in [5.74, 6) is 0.224. The van der Waals surface area contributed by atoms with Crippen molar-refractivity contribution in [1.29, 1.82) is 0 Å². The first-order valence-corrected chi connectivity index (χ1v) is 9.10. The molecule has 21 heavy (non-hydrogen) atoms. The van der Waals surface area contributed by atoms with Gasteiger partial charge in [-0.2, -0.15) is 8.42 Å². The highest BCUT2D eigenvalue weighted by Gasteiger charge is 2.25. The highest BCUT2D eigenvalue weighted by molar-refractivity contribution is 8.15. The van der Waals surface area contributed by atoms with Crippen LogP contribution in [-0.4, -0.2) is 43.2 Å². The van der Waals surface area contributed by atoms with Crippen molar-refractivity contribution in [2.75, 3.05) is 24.2 Å². The van der Waals surface area contributed by atoms with Crippen LogP contribution in [0.4, 0.5) is 5.69 Å². The van der Waals surface area contributed by atoms with Crippen molar-refractivity contribution in [3.63, 3.8) is 0 Å². The van der Waals surface area contributed by atoms with E-state index in [-0.39, 0.29) is 21.7 Å². The molecule has 1 amide bonds. The van der Waals surface area contributed by atoms with Gasteiger partial charge in [0.2, 0.25) is 5.91 Å². The van der Waals surface area contributed by atoms with Gasteiger partial charge in [0.05, 0.1) is 11.4 Å². The van der Waals surface area contributed by atoms with Gasteiger partial charge in [-0.25, -0.2) is 0 Å². The number of anilines is 1. The average Bonchev–Trinajstić information content (AvgIpc) is 2.98. The molecule has 0 unspecified atom stereocenters. The number of nitrogens with zero attached hydrogens (tertiary/aromatic N) is 2. The van der Waals surface area contributed by atoms with Gasteiger partial charge in [-0.15, -0.1) is 4.40 Å². The molecule has 0 bridgehead atoms. The van der Waals surface area contributed by atoms with E-state index in [1.807, 2.05) is 0 Å². The average molecular weight is 325 g/mol. The Morgan fingerprint density at radius 2 is 2.00 bits per heavy atom. The fraction of sp³-hybridized carbons (Fsp3) is 0.385. The number of fused-ring (bicyclic) bond motifs is 1. The molecule has 0 aromatic heterocycles. The number of amidine groups is 1. The number of carbonyl (C=O) groups is 1. The minimum absolute atomic E-state index is 0.0262. The first-order valence-electron chi connectivity index (χ1n) is 6.68. The SMILES string of the molecule is O=C(CSC1=NS(=O)(=O)c2ccccc2N1)N1CCCC1. The maximum atomic E-state index is 12.0. The Morgan fingerprint density at radius 1 is 1.29 bits per heavy atom. The molecule has 3 rings (SSSR count). The number of para-hydroxylation sites is 1. The Morgan fingerprint density at radius 3 is 2.76 bits per heavy atom. The zero-order chi connectivity index (χ0) is 14.9. The van der Waals surface area contributed by atoms with Crippen molar-refractivity contribution in [1.82, 2.24) is 4.90 Å². The van der Waals surface area contributed by atoms with Crippen LogP contribution in [0.3, 0.4) is 0 Å². The molecule has 2 aliphatic heterocycles. The second-order valence-electron chi connectivity index (χ2n) is 4.87. The van der Waals surface area contributed by atoms with Gasteiger partial charge >= 0.3 is 0 Å². The van der Waals surface area contributed by atoms with Crippen molar-refractivity contribution in [3.8, 4) is 0 Å². The van der Waals surface area contributed by atoms with Crippen molar-refractivity contribution < 1.29 is 13.2 Å². The number of amides is 1. The van der Waals surface area contributed by atoms with E-state index in [0.29, 0.717) is 5.69 Å². The van der Waals surface area contributed by atoms with Crippen LogP contribution in [0.25, 0.3) is 0 Å². The lowest BCUT2D eigenvalue weighted by atomic mass is 10.3. The summed E-state index contributed by atoms with van der Waals surface area (Å²) < 4.78 is 27.8. The van der Waals surface area contributed by atoms with E-state index in [0.717, 1.165) is 37.7 Å². The number of rotatable bonds is 2. The maximum Gasteiger partial charge on any atom is 0.286 e. The summed E-state index contributed by atoms with van der Waals surface area (Å²) >= 11 is 1.13. The number of likely N-dealkylation sites (tertiary alicyclic amines) is 1. The number of sulfonamides is 1. The summed E-state index contributed by atoms with van der Waals surface area (Å²) in [6.45, 7) is 1.58. The maximum absolute atomic E-state index is 12.0. The molecular formula is C13H15N3O3S2. The lowest BCUT2D eigenvalue weighted by Gasteiger charge is -2.18. The summed E-state index contributed by atoms with van der Waals surface area (Å²) in [5, 5.41) is 3.21. The third kappa shape index (κ3) is 3.06. The molecule has 0 radical (unpaired) electrons. The predicted octanol–water partition coefficient (Wildman–Crippen LogP) is 1.51. The van der Waals surface area contributed by atoms with Crippen LogP contribution >= 0.6 is 11.8 Å². The van der Waals surface area contributed by atoms with Gasteiger partial charge in [-0.05, 0) is 25.0 Å². The van der Waals surface area contributed by atoms with Crippen LogP contribution < -0.4 is 5.32 Å². The Hall–Kier alpha value is -1.54. The summed E-state index contributed by atoms with van der Waals surface area (Å²) in [7, 11) is -3.68. The van der Waals surface area contributed by atoms with E-state index in [2.05, 4.69) is 9.71 Å².